The number of carbonyl (C=O) groups is 1. The highest BCUT2D eigenvalue weighted by Gasteiger charge is 2.35. The number of rotatable bonds is 2. The number of hydrazine groups is 1. The Morgan fingerprint density at radius 3 is 2.75 bits per heavy atom. The van der Waals surface area contributed by atoms with Gasteiger partial charge in [0.15, 0.2) is 0 Å². The topological polar surface area (TPSA) is 87.8 Å². The molecule has 0 aliphatic carbocycles. The lowest BCUT2D eigenvalue weighted by Gasteiger charge is -2.36. The SMILES string of the molecule is O=C1NN(c2ccccc2)CC2Cc3cc([N+](=O)[O-])ccc3N=C12. The molecule has 24 heavy (non-hydrogen) atoms. The van der Waals surface area contributed by atoms with Crippen LogP contribution in [0.15, 0.2) is 53.5 Å². The number of fused-ring (bicyclic) bond motifs is 2. The molecule has 1 atom stereocenters. The average molecular weight is 322 g/mol. The number of para-hydroxylation sites is 1. The Kier molecular flexibility index (Phi) is 3.26. The second-order valence-electron chi connectivity index (χ2n) is 5.86. The van der Waals surface area contributed by atoms with Crippen LogP contribution in [0.5, 0.6) is 0 Å². The van der Waals surface area contributed by atoms with Crippen LogP contribution in [0, 0.1) is 16.0 Å². The monoisotopic (exact) mass is 322 g/mol. The van der Waals surface area contributed by atoms with Gasteiger partial charge in [0.05, 0.1) is 16.3 Å². The fourth-order valence-electron chi connectivity index (χ4n) is 3.15. The van der Waals surface area contributed by atoms with E-state index >= 15 is 0 Å². The fraction of sp³-hybridized carbons (Fsp3) is 0.176. The summed E-state index contributed by atoms with van der Waals surface area (Å²) < 4.78 is 0. The summed E-state index contributed by atoms with van der Waals surface area (Å²) in [4.78, 5) is 27.4. The normalized spacial score (nSPS) is 19.0. The molecule has 0 bridgehead atoms. The van der Waals surface area contributed by atoms with Crippen LogP contribution in [-0.2, 0) is 11.2 Å². The van der Waals surface area contributed by atoms with Gasteiger partial charge in [-0.2, -0.15) is 0 Å². The summed E-state index contributed by atoms with van der Waals surface area (Å²) in [6.45, 7) is 0.580. The van der Waals surface area contributed by atoms with Crippen molar-refractivity contribution < 1.29 is 9.72 Å². The molecule has 7 heteroatoms. The molecule has 2 heterocycles. The Morgan fingerprint density at radius 1 is 1.21 bits per heavy atom. The summed E-state index contributed by atoms with van der Waals surface area (Å²) in [5.74, 6) is -0.312. The molecule has 7 nitrogen and oxygen atoms in total. The maximum absolute atomic E-state index is 12.4. The molecule has 1 fully saturated rings. The Balaban J connectivity index is 1.67. The van der Waals surface area contributed by atoms with Gasteiger partial charge in [0.1, 0.15) is 5.71 Å². The number of benzene rings is 2. The minimum absolute atomic E-state index is 0.0487. The predicted octanol–water partition coefficient (Wildman–Crippen LogP) is 2.39. The molecule has 1 unspecified atom stereocenters. The highest BCUT2D eigenvalue weighted by molar-refractivity contribution is 6.41. The summed E-state index contributed by atoms with van der Waals surface area (Å²) in [5.41, 5.74) is 5.72. The van der Waals surface area contributed by atoms with Crippen LogP contribution in [0.25, 0.3) is 0 Å². The van der Waals surface area contributed by atoms with Crippen molar-refractivity contribution >= 4 is 28.7 Å². The first-order chi connectivity index (χ1) is 11.6. The second kappa shape index (κ2) is 5.45. The molecule has 2 aliphatic rings. The van der Waals surface area contributed by atoms with Crippen molar-refractivity contribution in [3.05, 3.63) is 64.2 Å². The van der Waals surface area contributed by atoms with Gasteiger partial charge in [-0.15, -0.1) is 0 Å². The summed E-state index contributed by atoms with van der Waals surface area (Å²) in [6, 6.07) is 14.1. The van der Waals surface area contributed by atoms with Gasteiger partial charge < -0.3 is 0 Å². The number of nitro benzene ring substituents is 1. The maximum Gasteiger partial charge on any atom is 0.284 e. The standard InChI is InChI=1S/C17H14N4O3/c22-17-16-12(10-20(19-17)13-4-2-1-3-5-13)8-11-9-14(21(23)24)6-7-15(11)18-16/h1-7,9,12H,8,10H2,(H,19,22). The molecule has 0 aromatic heterocycles. The number of hydrogen-bond acceptors (Lipinski definition) is 5. The molecular weight excluding hydrogens is 308 g/mol. The number of anilines is 1. The number of nitrogens with one attached hydrogen (secondary N) is 1. The third-order valence-electron chi connectivity index (χ3n) is 4.31. The first-order valence-corrected chi connectivity index (χ1v) is 7.61. The first kappa shape index (κ1) is 14.4. The second-order valence-corrected chi connectivity index (χ2v) is 5.86. The summed E-state index contributed by atoms with van der Waals surface area (Å²) in [7, 11) is 0. The van der Waals surface area contributed by atoms with Gasteiger partial charge in [0, 0.05) is 24.6 Å². The van der Waals surface area contributed by atoms with Gasteiger partial charge in [0.2, 0.25) is 0 Å². The predicted molar refractivity (Wildman–Crippen MR) is 89.3 cm³/mol. The molecule has 2 aromatic carbocycles. The van der Waals surface area contributed by atoms with E-state index in [2.05, 4.69) is 10.4 Å². The van der Waals surface area contributed by atoms with Crippen LogP contribution in [-0.4, -0.2) is 23.1 Å². The molecule has 4 rings (SSSR count). The van der Waals surface area contributed by atoms with E-state index in [4.69, 9.17) is 0 Å². The van der Waals surface area contributed by atoms with Gasteiger partial charge in [-0.1, -0.05) is 18.2 Å². The van der Waals surface area contributed by atoms with Gasteiger partial charge in [-0.05, 0) is 30.2 Å². The molecule has 0 radical (unpaired) electrons. The Morgan fingerprint density at radius 2 is 2.00 bits per heavy atom. The molecular formula is C17H14N4O3. The van der Waals surface area contributed by atoms with Crippen molar-refractivity contribution in [3.8, 4) is 0 Å². The zero-order chi connectivity index (χ0) is 16.7. The average Bonchev–Trinajstić information content (AvgIpc) is 2.60. The van der Waals surface area contributed by atoms with E-state index in [1.54, 1.807) is 17.1 Å². The Labute approximate surface area is 137 Å². The molecule has 2 aliphatic heterocycles. The van der Waals surface area contributed by atoms with Crippen molar-refractivity contribution in [2.24, 2.45) is 10.9 Å². The number of non-ortho nitro benzene ring substituents is 1. The van der Waals surface area contributed by atoms with Gasteiger partial charge in [0.25, 0.3) is 11.6 Å². The van der Waals surface area contributed by atoms with E-state index in [1.807, 2.05) is 30.3 Å². The van der Waals surface area contributed by atoms with Crippen molar-refractivity contribution in [2.45, 2.75) is 6.42 Å². The Hall–Kier alpha value is -3.22. The van der Waals surface area contributed by atoms with E-state index < -0.39 is 4.92 Å². The zero-order valence-electron chi connectivity index (χ0n) is 12.7. The van der Waals surface area contributed by atoms with Crippen LogP contribution in [0.3, 0.4) is 0 Å². The zero-order valence-corrected chi connectivity index (χ0v) is 12.7. The third-order valence-corrected chi connectivity index (χ3v) is 4.31. The van der Waals surface area contributed by atoms with Gasteiger partial charge in [-0.25, -0.2) is 4.99 Å². The molecule has 1 N–H and O–H groups in total. The van der Waals surface area contributed by atoms with Crippen molar-refractivity contribution in [1.29, 1.82) is 0 Å². The van der Waals surface area contributed by atoms with E-state index in [9.17, 15) is 14.9 Å². The lowest BCUT2D eigenvalue weighted by atomic mass is 9.88. The van der Waals surface area contributed by atoms with Crippen LogP contribution < -0.4 is 10.4 Å². The molecule has 120 valence electrons. The minimum Gasteiger partial charge on any atom is -0.285 e. The molecule has 1 saturated heterocycles. The first-order valence-electron chi connectivity index (χ1n) is 7.61. The van der Waals surface area contributed by atoms with Crippen LogP contribution in [0.1, 0.15) is 5.56 Å². The highest BCUT2D eigenvalue weighted by Crippen LogP contribution is 2.33. The van der Waals surface area contributed by atoms with Crippen LogP contribution >= 0.6 is 0 Å². The summed E-state index contributed by atoms with van der Waals surface area (Å²) in [5, 5.41) is 12.8. The summed E-state index contributed by atoms with van der Waals surface area (Å²) in [6.07, 6.45) is 0.562. The lowest BCUT2D eigenvalue weighted by Crippen LogP contribution is -2.57. The minimum atomic E-state index is -0.413. The van der Waals surface area contributed by atoms with Crippen LogP contribution in [0.4, 0.5) is 17.1 Å². The number of hydrogen-bond donors (Lipinski definition) is 1. The molecule has 1 amide bonds. The van der Waals surface area contributed by atoms with E-state index in [1.165, 1.54) is 6.07 Å². The fourth-order valence-corrected chi connectivity index (χ4v) is 3.15. The molecule has 0 spiro atoms. The Bertz CT molecular complexity index is 863. The smallest absolute Gasteiger partial charge is 0.284 e. The quantitative estimate of drug-likeness (QED) is 0.679. The van der Waals surface area contributed by atoms with Crippen molar-refractivity contribution in [2.75, 3.05) is 11.6 Å². The van der Waals surface area contributed by atoms with Gasteiger partial charge in [-0.3, -0.25) is 25.3 Å². The number of amides is 1. The molecule has 2 aromatic rings. The third kappa shape index (κ3) is 2.40. The lowest BCUT2D eigenvalue weighted by molar-refractivity contribution is -0.384. The number of nitrogens with zero attached hydrogens (tertiary/aromatic N) is 3. The van der Waals surface area contributed by atoms with Crippen LogP contribution in [0.2, 0.25) is 0 Å². The van der Waals surface area contributed by atoms with E-state index in [0.717, 1.165) is 11.3 Å². The molecule has 0 saturated carbocycles. The maximum atomic E-state index is 12.4. The van der Waals surface area contributed by atoms with E-state index in [0.29, 0.717) is 24.4 Å². The van der Waals surface area contributed by atoms with Crippen molar-refractivity contribution in [3.63, 3.8) is 0 Å². The number of nitro groups is 1. The van der Waals surface area contributed by atoms with E-state index in [-0.39, 0.29) is 17.5 Å². The summed E-state index contributed by atoms with van der Waals surface area (Å²) >= 11 is 0. The number of carbonyl (C=O) groups excluding carboxylic acids is 1. The largest absolute Gasteiger partial charge is 0.285 e. The van der Waals surface area contributed by atoms with Gasteiger partial charge >= 0.3 is 0 Å². The van der Waals surface area contributed by atoms with Crippen molar-refractivity contribution in [1.82, 2.24) is 5.43 Å². The highest BCUT2D eigenvalue weighted by atomic mass is 16.6. The number of aliphatic imine (C=N–C) groups is 1.